The molecular weight excluding hydrogens is 715 g/mol. The molecule has 11 rings (SSSR count). The number of para-hydroxylation sites is 1. The summed E-state index contributed by atoms with van der Waals surface area (Å²) in [6.07, 6.45) is 0. The van der Waals surface area contributed by atoms with E-state index in [2.05, 4.69) is 199 Å². The zero-order valence-corrected chi connectivity index (χ0v) is 31.5. The van der Waals surface area contributed by atoms with Crippen molar-refractivity contribution in [2.75, 3.05) is 4.90 Å². The van der Waals surface area contributed by atoms with Gasteiger partial charge < -0.3 is 9.32 Å². The number of aromatic nitrogens is 2. The van der Waals surface area contributed by atoms with Gasteiger partial charge in [-0.25, -0.2) is 9.97 Å². The summed E-state index contributed by atoms with van der Waals surface area (Å²) in [5.41, 5.74) is 13.3. The van der Waals surface area contributed by atoms with Gasteiger partial charge in [-0.2, -0.15) is 0 Å². The maximum Gasteiger partial charge on any atom is 0.160 e. The molecule has 0 aliphatic heterocycles. The number of nitrogens with zero attached hydrogens (tertiary/aromatic N) is 3. The topological polar surface area (TPSA) is 42.2 Å². The van der Waals surface area contributed by atoms with Crippen LogP contribution in [-0.4, -0.2) is 9.97 Å². The number of fused-ring (bicyclic) bond motifs is 6. The average molecular weight is 748 g/mol. The second kappa shape index (κ2) is 13.7. The predicted molar refractivity (Wildman–Crippen MR) is 239 cm³/mol. The van der Waals surface area contributed by atoms with Crippen LogP contribution in [0.2, 0.25) is 0 Å². The lowest BCUT2D eigenvalue weighted by Gasteiger charge is -2.26. The Morgan fingerprint density at radius 2 is 1.04 bits per heavy atom. The highest BCUT2D eigenvalue weighted by molar-refractivity contribution is 7.26. The molecule has 0 bridgehead atoms. The van der Waals surface area contributed by atoms with Crippen LogP contribution in [0.3, 0.4) is 0 Å². The Bertz CT molecular complexity index is 3230. The summed E-state index contributed by atoms with van der Waals surface area (Å²) in [6, 6.07) is 70.2. The minimum atomic E-state index is 0.697. The van der Waals surface area contributed by atoms with Crippen LogP contribution in [0, 0.1) is 0 Å². The number of hydrogen-bond acceptors (Lipinski definition) is 5. The molecule has 57 heavy (non-hydrogen) atoms. The van der Waals surface area contributed by atoms with Crippen molar-refractivity contribution in [2.45, 2.75) is 0 Å². The Balaban J connectivity index is 1.07. The quantitative estimate of drug-likeness (QED) is 0.163. The van der Waals surface area contributed by atoms with Crippen molar-refractivity contribution in [2.24, 2.45) is 0 Å². The summed E-state index contributed by atoms with van der Waals surface area (Å²) in [7, 11) is 0. The van der Waals surface area contributed by atoms with Crippen molar-refractivity contribution in [3.05, 3.63) is 200 Å². The molecule has 0 aliphatic carbocycles. The molecule has 0 radical (unpaired) electrons. The molecule has 0 saturated heterocycles. The third-order valence-corrected chi connectivity index (χ3v) is 11.9. The van der Waals surface area contributed by atoms with E-state index in [4.69, 9.17) is 14.4 Å². The Kier molecular flexibility index (Phi) is 7.97. The molecule has 3 aromatic heterocycles. The zero-order chi connectivity index (χ0) is 37.7. The summed E-state index contributed by atoms with van der Waals surface area (Å²) < 4.78 is 8.98. The number of rotatable bonds is 7. The summed E-state index contributed by atoms with van der Waals surface area (Å²) in [5.74, 6) is 0.697. The molecule has 0 amide bonds. The van der Waals surface area contributed by atoms with Crippen molar-refractivity contribution < 1.29 is 4.42 Å². The van der Waals surface area contributed by atoms with Crippen LogP contribution in [0.1, 0.15) is 0 Å². The molecule has 5 heteroatoms. The molecule has 0 atom stereocenters. The van der Waals surface area contributed by atoms with Gasteiger partial charge in [0.15, 0.2) is 5.82 Å². The summed E-state index contributed by atoms with van der Waals surface area (Å²) in [4.78, 5) is 12.9. The van der Waals surface area contributed by atoms with Crippen molar-refractivity contribution in [1.82, 2.24) is 9.97 Å². The molecule has 0 unspecified atom stereocenters. The van der Waals surface area contributed by atoms with Crippen molar-refractivity contribution >= 4 is 70.6 Å². The average Bonchev–Trinajstić information content (AvgIpc) is 3.86. The van der Waals surface area contributed by atoms with Crippen molar-refractivity contribution in [3.63, 3.8) is 0 Å². The second-order valence-corrected chi connectivity index (χ2v) is 15.2. The molecule has 0 saturated carbocycles. The van der Waals surface area contributed by atoms with Crippen LogP contribution < -0.4 is 4.90 Å². The van der Waals surface area contributed by atoms with Crippen molar-refractivity contribution in [1.29, 1.82) is 0 Å². The van der Waals surface area contributed by atoms with Crippen LogP contribution in [-0.2, 0) is 0 Å². The Morgan fingerprint density at radius 3 is 1.82 bits per heavy atom. The highest BCUT2D eigenvalue weighted by Gasteiger charge is 2.22. The standard InChI is InChI=1S/C52H33N3OS/c1-4-14-34(15-5-1)36-26-29-41(30-27-36)55(40-20-8-3-9-21-40)44-23-13-24-45-48(44)42-31-28-38(33-46(42)56-45)49-51-50(43-22-10-11-25-47(43)57-51)54-52(53-49)39-19-12-18-37(32-39)35-16-6-2-7-17-35/h1-33H. The van der Waals surface area contributed by atoms with Crippen molar-refractivity contribution in [3.8, 4) is 44.9 Å². The fourth-order valence-electron chi connectivity index (χ4n) is 7.96. The number of hydrogen-bond donors (Lipinski definition) is 0. The maximum absolute atomic E-state index is 6.74. The number of furan rings is 1. The molecule has 11 aromatic rings. The molecule has 8 aromatic carbocycles. The smallest absolute Gasteiger partial charge is 0.160 e. The van der Waals surface area contributed by atoms with Crippen LogP contribution in [0.25, 0.3) is 87.1 Å². The van der Waals surface area contributed by atoms with E-state index in [9.17, 15) is 0 Å². The fourth-order valence-corrected chi connectivity index (χ4v) is 9.12. The van der Waals surface area contributed by atoms with Gasteiger partial charge in [0.25, 0.3) is 0 Å². The van der Waals surface area contributed by atoms with Crippen LogP contribution in [0.4, 0.5) is 17.1 Å². The first-order valence-corrected chi connectivity index (χ1v) is 19.9. The molecule has 0 N–H and O–H groups in total. The first-order valence-electron chi connectivity index (χ1n) is 19.1. The van der Waals surface area contributed by atoms with Gasteiger partial charge in [0.05, 0.1) is 27.0 Å². The highest BCUT2D eigenvalue weighted by atomic mass is 32.1. The van der Waals surface area contributed by atoms with Gasteiger partial charge >= 0.3 is 0 Å². The molecule has 268 valence electrons. The monoisotopic (exact) mass is 747 g/mol. The normalized spacial score (nSPS) is 11.5. The minimum Gasteiger partial charge on any atom is -0.456 e. The maximum atomic E-state index is 6.74. The van der Waals surface area contributed by atoms with E-state index < -0.39 is 0 Å². The molecule has 4 nitrogen and oxygen atoms in total. The number of anilines is 3. The van der Waals surface area contributed by atoms with Crippen LogP contribution in [0.5, 0.6) is 0 Å². The lowest BCUT2D eigenvalue weighted by Crippen LogP contribution is -2.10. The first-order chi connectivity index (χ1) is 28.2. The second-order valence-electron chi connectivity index (χ2n) is 14.2. The lowest BCUT2D eigenvalue weighted by molar-refractivity contribution is 0.669. The van der Waals surface area contributed by atoms with Crippen LogP contribution in [0.15, 0.2) is 205 Å². The van der Waals surface area contributed by atoms with Gasteiger partial charge in [-0.15, -0.1) is 11.3 Å². The van der Waals surface area contributed by atoms with E-state index in [0.717, 1.165) is 82.6 Å². The van der Waals surface area contributed by atoms with Gasteiger partial charge in [-0.05, 0) is 82.9 Å². The summed E-state index contributed by atoms with van der Waals surface area (Å²) in [6.45, 7) is 0. The third-order valence-electron chi connectivity index (χ3n) is 10.7. The molecule has 0 aliphatic rings. The van der Waals surface area contributed by atoms with E-state index in [1.807, 2.05) is 6.07 Å². The van der Waals surface area contributed by atoms with Crippen LogP contribution >= 0.6 is 11.3 Å². The van der Waals surface area contributed by atoms with Gasteiger partial charge in [0, 0.05) is 38.0 Å². The SMILES string of the molecule is c1ccc(-c2ccc(N(c3ccccc3)c3cccc4oc5cc(-c6nc(-c7cccc(-c8ccccc8)c7)nc7c6sc6ccccc67)ccc5c34)cc2)cc1. The third kappa shape index (κ3) is 5.84. The van der Waals surface area contributed by atoms with E-state index in [0.29, 0.717) is 5.82 Å². The summed E-state index contributed by atoms with van der Waals surface area (Å²) in [5, 5.41) is 3.24. The Hall–Kier alpha value is -7.34. The van der Waals surface area contributed by atoms with Gasteiger partial charge in [-0.3, -0.25) is 0 Å². The minimum absolute atomic E-state index is 0.697. The molecular formula is C52H33N3OS. The van der Waals surface area contributed by atoms with E-state index in [-0.39, 0.29) is 0 Å². The lowest BCUT2D eigenvalue weighted by atomic mass is 10.0. The van der Waals surface area contributed by atoms with Gasteiger partial charge in [-0.1, -0.05) is 140 Å². The van der Waals surface area contributed by atoms with E-state index in [1.54, 1.807) is 11.3 Å². The Labute approximate surface area is 333 Å². The molecule has 0 fully saturated rings. The number of benzene rings is 8. The molecule has 3 heterocycles. The molecule has 0 spiro atoms. The van der Waals surface area contributed by atoms with Gasteiger partial charge in [0.1, 0.15) is 11.2 Å². The van der Waals surface area contributed by atoms with E-state index >= 15 is 0 Å². The first kappa shape index (κ1) is 33.0. The highest BCUT2D eigenvalue weighted by Crippen LogP contribution is 2.45. The largest absolute Gasteiger partial charge is 0.456 e. The Morgan fingerprint density at radius 1 is 0.421 bits per heavy atom. The number of thiophene rings is 1. The zero-order valence-electron chi connectivity index (χ0n) is 30.7. The summed E-state index contributed by atoms with van der Waals surface area (Å²) >= 11 is 1.74. The fraction of sp³-hybridized carbons (Fsp3) is 0. The van der Waals surface area contributed by atoms with Gasteiger partial charge in [0.2, 0.25) is 0 Å². The van der Waals surface area contributed by atoms with E-state index in [1.165, 1.54) is 15.8 Å². The predicted octanol–water partition coefficient (Wildman–Crippen LogP) is 14.9.